The Morgan fingerprint density at radius 1 is 1.08 bits per heavy atom. The molecule has 1 amide bonds. The fourth-order valence-corrected chi connectivity index (χ4v) is 3.09. The molecule has 1 aromatic heterocycles. The van der Waals surface area contributed by atoms with Crippen LogP contribution in [0.4, 0.5) is 11.4 Å². The molecule has 0 N–H and O–H groups in total. The largest absolute Gasteiger partial charge is 0.362 e. The first-order valence-electron chi connectivity index (χ1n) is 7.57. The van der Waals surface area contributed by atoms with E-state index in [0.29, 0.717) is 31.9 Å². The topological polar surface area (TPSA) is 79.6 Å². The SMILES string of the molecule is O=C(c1nc(Cl)ccc1Cl)N1CCN(c2ccccc2[N+](=O)[O-])CC1. The van der Waals surface area contributed by atoms with E-state index in [4.69, 9.17) is 23.2 Å². The molecule has 1 saturated heterocycles. The van der Waals surface area contributed by atoms with Crippen molar-refractivity contribution in [1.82, 2.24) is 9.88 Å². The molecule has 1 aromatic carbocycles. The Morgan fingerprint density at radius 2 is 1.76 bits per heavy atom. The van der Waals surface area contributed by atoms with Crippen LogP contribution in [0.25, 0.3) is 0 Å². The highest BCUT2D eigenvalue weighted by molar-refractivity contribution is 6.34. The number of nitrogens with zero attached hydrogens (tertiary/aromatic N) is 4. The van der Waals surface area contributed by atoms with Crippen LogP contribution in [-0.2, 0) is 0 Å². The molecule has 0 spiro atoms. The number of amides is 1. The molecule has 2 heterocycles. The molecule has 0 radical (unpaired) electrons. The summed E-state index contributed by atoms with van der Waals surface area (Å²) in [6, 6.07) is 9.64. The van der Waals surface area contributed by atoms with Crippen LogP contribution in [0.1, 0.15) is 10.5 Å². The monoisotopic (exact) mass is 380 g/mol. The lowest BCUT2D eigenvalue weighted by molar-refractivity contribution is -0.384. The molecule has 0 bridgehead atoms. The number of hydrogen-bond donors (Lipinski definition) is 0. The van der Waals surface area contributed by atoms with Gasteiger partial charge in [0.05, 0.1) is 9.95 Å². The number of halogens is 2. The second-order valence-corrected chi connectivity index (χ2v) is 6.28. The highest BCUT2D eigenvalue weighted by atomic mass is 35.5. The number of aromatic nitrogens is 1. The van der Waals surface area contributed by atoms with Crippen LogP contribution >= 0.6 is 23.2 Å². The normalized spacial score (nSPS) is 14.5. The minimum atomic E-state index is -0.400. The van der Waals surface area contributed by atoms with E-state index in [-0.39, 0.29) is 27.5 Å². The van der Waals surface area contributed by atoms with Gasteiger partial charge in [-0.25, -0.2) is 4.98 Å². The lowest BCUT2D eigenvalue weighted by atomic mass is 10.2. The first-order chi connectivity index (χ1) is 12.0. The third kappa shape index (κ3) is 3.67. The van der Waals surface area contributed by atoms with E-state index in [1.165, 1.54) is 18.2 Å². The van der Waals surface area contributed by atoms with Gasteiger partial charge < -0.3 is 9.80 Å². The number of benzene rings is 1. The quantitative estimate of drug-likeness (QED) is 0.463. The van der Waals surface area contributed by atoms with Gasteiger partial charge in [-0.15, -0.1) is 0 Å². The Balaban J connectivity index is 1.73. The lowest BCUT2D eigenvalue weighted by Crippen LogP contribution is -2.49. The predicted molar refractivity (Wildman–Crippen MR) is 95.5 cm³/mol. The van der Waals surface area contributed by atoms with Gasteiger partial charge in [0, 0.05) is 32.2 Å². The van der Waals surface area contributed by atoms with Crippen LogP contribution in [0.5, 0.6) is 0 Å². The molecule has 0 atom stereocenters. The van der Waals surface area contributed by atoms with Crippen LogP contribution in [0.2, 0.25) is 10.2 Å². The molecule has 1 aliphatic heterocycles. The Hall–Kier alpha value is -2.38. The standard InChI is InChI=1S/C16H14Cl2N4O3/c17-11-5-6-14(18)19-15(11)16(23)21-9-7-20(8-10-21)12-3-1-2-4-13(12)22(24)25/h1-6H,7-10H2. The number of nitro groups is 1. The average molecular weight is 381 g/mol. The summed E-state index contributed by atoms with van der Waals surface area (Å²) in [4.78, 5) is 30.9. The molecule has 7 nitrogen and oxygen atoms in total. The van der Waals surface area contributed by atoms with E-state index in [1.807, 2.05) is 4.90 Å². The number of carbonyl (C=O) groups is 1. The second-order valence-electron chi connectivity index (χ2n) is 5.49. The number of piperazine rings is 1. The minimum absolute atomic E-state index is 0.0572. The van der Waals surface area contributed by atoms with Crippen molar-refractivity contribution in [1.29, 1.82) is 0 Å². The van der Waals surface area contributed by atoms with Gasteiger partial charge in [0.25, 0.3) is 11.6 Å². The number of pyridine rings is 1. The predicted octanol–water partition coefficient (Wildman–Crippen LogP) is 3.26. The molecule has 130 valence electrons. The fraction of sp³-hybridized carbons (Fsp3) is 0.250. The van der Waals surface area contributed by atoms with Crippen molar-refractivity contribution in [2.45, 2.75) is 0 Å². The van der Waals surface area contributed by atoms with E-state index < -0.39 is 4.92 Å². The molecular weight excluding hydrogens is 367 g/mol. The number of rotatable bonds is 3. The summed E-state index contributed by atoms with van der Waals surface area (Å²) in [5, 5.41) is 11.6. The molecule has 9 heteroatoms. The van der Waals surface area contributed by atoms with E-state index in [2.05, 4.69) is 4.98 Å². The summed E-state index contributed by atoms with van der Waals surface area (Å²) < 4.78 is 0. The summed E-state index contributed by atoms with van der Waals surface area (Å²) in [7, 11) is 0. The van der Waals surface area contributed by atoms with Crippen LogP contribution in [0.15, 0.2) is 36.4 Å². The zero-order valence-corrected chi connectivity index (χ0v) is 14.6. The van der Waals surface area contributed by atoms with Gasteiger partial charge in [-0.1, -0.05) is 35.3 Å². The van der Waals surface area contributed by atoms with E-state index in [0.717, 1.165) is 0 Å². The maximum atomic E-state index is 12.6. The maximum Gasteiger partial charge on any atom is 0.292 e. The summed E-state index contributed by atoms with van der Waals surface area (Å²) >= 11 is 11.9. The van der Waals surface area contributed by atoms with Crippen LogP contribution in [-0.4, -0.2) is 46.9 Å². The zero-order chi connectivity index (χ0) is 18.0. The van der Waals surface area contributed by atoms with Crippen molar-refractivity contribution in [2.75, 3.05) is 31.1 Å². The molecule has 1 fully saturated rings. The van der Waals surface area contributed by atoms with Gasteiger partial charge in [-0.05, 0) is 18.2 Å². The smallest absolute Gasteiger partial charge is 0.292 e. The van der Waals surface area contributed by atoms with Gasteiger partial charge in [-0.2, -0.15) is 0 Å². The molecule has 2 aromatic rings. The summed E-state index contributed by atoms with van der Waals surface area (Å²) in [6.07, 6.45) is 0. The molecular formula is C16H14Cl2N4O3. The molecule has 1 aliphatic rings. The summed E-state index contributed by atoms with van der Waals surface area (Å²) in [5.74, 6) is -0.297. The molecule has 0 saturated carbocycles. The van der Waals surface area contributed by atoms with Crippen molar-refractivity contribution < 1.29 is 9.72 Å². The number of para-hydroxylation sites is 2. The summed E-state index contributed by atoms with van der Waals surface area (Å²) in [5.41, 5.74) is 0.730. The first kappa shape index (κ1) is 17.4. The highest BCUT2D eigenvalue weighted by Gasteiger charge is 2.27. The van der Waals surface area contributed by atoms with Gasteiger partial charge in [-0.3, -0.25) is 14.9 Å². The number of anilines is 1. The third-order valence-corrected chi connectivity index (χ3v) is 4.52. The summed E-state index contributed by atoms with van der Waals surface area (Å²) in [6.45, 7) is 1.79. The van der Waals surface area contributed by atoms with Gasteiger partial charge >= 0.3 is 0 Å². The zero-order valence-electron chi connectivity index (χ0n) is 13.1. The Morgan fingerprint density at radius 3 is 2.44 bits per heavy atom. The van der Waals surface area contributed by atoms with E-state index in [9.17, 15) is 14.9 Å². The third-order valence-electron chi connectivity index (χ3n) is 4.00. The number of hydrogen-bond acceptors (Lipinski definition) is 5. The highest BCUT2D eigenvalue weighted by Crippen LogP contribution is 2.28. The Labute approximate surface area is 153 Å². The van der Waals surface area contributed by atoms with Gasteiger partial charge in [0.1, 0.15) is 16.5 Å². The van der Waals surface area contributed by atoms with Crippen LogP contribution < -0.4 is 4.90 Å². The van der Waals surface area contributed by atoms with Gasteiger partial charge in [0.15, 0.2) is 0 Å². The molecule has 0 unspecified atom stereocenters. The van der Waals surface area contributed by atoms with Crippen molar-refractivity contribution in [3.63, 3.8) is 0 Å². The van der Waals surface area contributed by atoms with E-state index in [1.54, 1.807) is 23.1 Å². The molecule has 0 aliphatic carbocycles. The minimum Gasteiger partial charge on any atom is -0.362 e. The van der Waals surface area contributed by atoms with Crippen molar-refractivity contribution >= 4 is 40.5 Å². The average Bonchev–Trinajstić information content (AvgIpc) is 2.63. The van der Waals surface area contributed by atoms with Gasteiger partial charge in [0.2, 0.25) is 0 Å². The molecule has 25 heavy (non-hydrogen) atoms. The maximum absolute atomic E-state index is 12.6. The van der Waals surface area contributed by atoms with Crippen molar-refractivity contribution in [3.8, 4) is 0 Å². The van der Waals surface area contributed by atoms with Crippen molar-refractivity contribution in [2.24, 2.45) is 0 Å². The van der Waals surface area contributed by atoms with Crippen molar-refractivity contribution in [3.05, 3.63) is 62.4 Å². The fourth-order valence-electron chi connectivity index (χ4n) is 2.75. The molecule has 3 rings (SSSR count). The Kier molecular flexibility index (Phi) is 5.06. The number of carbonyl (C=O) groups excluding carboxylic acids is 1. The van der Waals surface area contributed by atoms with Crippen LogP contribution in [0.3, 0.4) is 0 Å². The number of nitro benzene ring substituents is 1. The second kappa shape index (κ2) is 7.25. The Bertz CT molecular complexity index is 823. The van der Waals surface area contributed by atoms with E-state index >= 15 is 0 Å². The lowest BCUT2D eigenvalue weighted by Gasteiger charge is -2.35. The first-order valence-corrected chi connectivity index (χ1v) is 8.32. The van der Waals surface area contributed by atoms with Crippen LogP contribution in [0, 0.1) is 10.1 Å².